The van der Waals surface area contributed by atoms with Gasteiger partial charge in [0, 0.05) is 17.9 Å². The summed E-state index contributed by atoms with van der Waals surface area (Å²) in [7, 11) is 3.04. The second kappa shape index (κ2) is 6.16. The highest BCUT2D eigenvalue weighted by molar-refractivity contribution is 7.99. The predicted molar refractivity (Wildman–Crippen MR) is 87.9 cm³/mol. The number of hydrogen-bond acceptors (Lipinski definition) is 5. The van der Waals surface area contributed by atoms with E-state index in [4.69, 9.17) is 9.47 Å². The first kappa shape index (κ1) is 15.7. The lowest BCUT2D eigenvalue weighted by Crippen LogP contribution is -2.46. The van der Waals surface area contributed by atoms with Gasteiger partial charge in [0.05, 0.1) is 19.8 Å². The Morgan fingerprint density at radius 3 is 2.91 bits per heavy atom. The number of fused-ring (bicyclic) bond motifs is 3. The van der Waals surface area contributed by atoms with Crippen molar-refractivity contribution in [2.75, 3.05) is 26.5 Å². The van der Waals surface area contributed by atoms with Gasteiger partial charge >= 0.3 is 0 Å². The average molecular weight is 334 g/mol. The molecule has 2 aliphatic rings. The van der Waals surface area contributed by atoms with E-state index in [0.29, 0.717) is 29.4 Å². The number of carbonyl (C=O) groups is 2. The largest absolute Gasteiger partial charge is 0.493 e. The molecule has 0 bridgehead atoms. The number of ether oxygens (including phenoxy) is 2. The molecule has 0 spiro atoms. The topological polar surface area (TPSA) is 67.9 Å². The number of nitrogens with one attached hydrogen (secondary N) is 1. The van der Waals surface area contributed by atoms with E-state index in [1.54, 1.807) is 28.8 Å². The minimum Gasteiger partial charge on any atom is -0.493 e. The molecule has 0 aliphatic carbocycles. The Kier molecular flexibility index (Phi) is 4.21. The van der Waals surface area contributed by atoms with Crippen LogP contribution in [0.15, 0.2) is 24.8 Å². The normalized spacial score (nSPS) is 21.7. The molecule has 0 radical (unpaired) electrons. The van der Waals surface area contributed by atoms with Crippen molar-refractivity contribution in [2.45, 2.75) is 11.4 Å². The van der Waals surface area contributed by atoms with Crippen molar-refractivity contribution < 1.29 is 19.1 Å². The molecule has 1 aromatic carbocycles. The fraction of sp³-hybridized carbons (Fsp3) is 0.375. The van der Waals surface area contributed by atoms with E-state index in [1.807, 2.05) is 6.07 Å². The van der Waals surface area contributed by atoms with Crippen molar-refractivity contribution in [1.29, 1.82) is 0 Å². The van der Waals surface area contributed by atoms with Crippen LogP contribution in [0.5, 0.6) is 11.5 Å². The van der Waals surface area contributed by atoms with Crippen LogP contribution in [0.4, 0.5) is 0 Å². The predicted octanol–water partition coefficient (Wildman–Crippen LogP) is 1.58. The number of thioether (sulfide) groups is 1. The van der Waals surface area contributed by atoms with Crippen LogP contribution in [0.25, 0.3) is 0 Å². The first-order valence-electron chi connectivity index (χ1n) is 7.21. The third-order valence-electron chi connectivity index (χ3n) is 4.02. The van der Waals surface area contributed by atoms with Gasteiger partial charge < -0.3 is 19.7 Å². The molecule has 0 saturated carbocycles. The van der Waals surface area contributed by atoms with Gasteiger partial charge in [-0.1, -0.05) is 12.1 Å². The fourth-order valence-electron chi connectivity index (χ4n) is 2.98. The van der Waals surface area contributed by atoms with Gasteiger partial charge in [-0.15, -0.1) is 18.3 Å². The Hall–Kier alpha value is -2.15. The van der Waals surface area contributed by atoms with Crippen LogP contribution in [0, 0.1) is 0 Å². The van der Waals surface area contributed by atoms with Gasteiger partial charge in [0.2, 0.25) is 5.91 Å². The average Bonchev–Trinajstić information content (AvgIpc) is 3.12. The summed E-state index contributed by atoms with van der Waals surface area (Å²) in [4.78, 5) is 26.8. The van der Waals surface area contributed by atoms with Crippen molar-refractivity contribution in [3.05, 3.63) is 35.9 Å². The molecule has 23 heavy (non-hydrogen) atoms. The van der Waals surface area contributed by atoms with E-state index in [2.05, 4.69) is 11.9 Å². The van der Waals surface area contributed by atoms with Gasteiger partial charge in [-0.25, -0.2) is 0 Å². The number of hydrogen-bond donors (Lipinski definition) is 1. The summed E-state index contributed by atoms with van der Waals surface area (Å²) in [5, 5.41) is 2.61. The molecule has 6 nitrogen and oxygen atoms in total. The standard InChI is InChI=1S/C16H18N2O4S/c1-4-7-17-14(19)10-8-23-16-9-5-6-11(21-2)13(22-3)12(9)15(20)18(10)16/h4-6,10,16H,1,7-8H2,2-3H3,(H,17,19)/t10-,16-/m1/s1. The number of methoxy groups -OCH3 is 2. The van der Waals surface area contributed by atoms with Gasteiger partial charge in [-0.05, 0) is 6.07 Å². The lowest BCUT2D eigenvalue weighted by Gasteiger charge is -2.22. The number of benzene rings is 1. The fourth-order valence-corrected chi connectivity index (χ4v) is 4.44. The molecule has 2 heterocycles. The van der Waals surface area contributed by atoms with E-state index in [0.717, 1.165) is 5.56 Å². The SMILES string of the molecule is C=CCNC(=O)[C@H]1CS[C@@H]2c3ccc(OC)c(OC)c3C(=O)N12. The maximum Gasteiger partial charge on any atom is 0.260 e. The maximum atomic E-state index is 12.9. The molecule has 0 unspecified atom stereocenters. The third kappa shape index (κ3) is 2.35. The summed E-state index contributed by atoms with van der Waals surface area (Å²) >= 11 is 1.58. The molecular weight excluding hydrogens is 316 g/mol. The van der Waals surface area contributed by atoms with Crippen LogP contribution in [0.1, 0.15) is 21.3 Å². The molecule has 1 fully saturated rings. The molecule has 0 aromatic heterocycles. The van der Waals surface area contributed by atoms with Crippen molar-refractivity contribution >= 4 is 23.6 Å². The van der Waals surface area contributed by atoms with E-state index < -0.39 is 6.04 Å². The minimum atomic E-state index is -0.486. The van der Waals surface area contributed by atoms with Crippen LogP contribution in [-0.4, -0.2) is 49.3 Å². The highest BCUT2D eigenvalue weighted by Crippen LogP contribution is 2.52. The molecule has 2 atom stereocenters. The molecule has 3 rings (SSSR count). The van der Waals surface area contributed by atoms with E-state index in [-0.39, 0.29) is 17.2 Å². The monoisotopic (exact) mass is 334 g/mol. The van der Waals surface area contributed by atoms with E-state index >= 15 is 0 Å². The van der Waals surface area contributed by atoms with Gasteiger partial charge in [-0.2, -0.15) is 0 Å². The Morgan fingerprint density at radius 2 is 2.26 bits per heavy atom. The van der Waals surface area contributed by atoms with Gasteiger partial charge in [0.25, 0.3) is 5.91 Å². The van der Waals surface area contributed by atoms with Crippen LogP contribution in [0.2, 0.25) is 0 Å². The summed E-state index contributed by atoms with van der Waals surface area (Å²) in [5.41, 5.74) is 1.36. The van der Waals surface area contributed by atoms with E-state index in [1.165, 1.54) is 14.2 Å². The zero-order chi connectivity index (χ0) is 16.6. The number of nitrogens with zero attached hydrogens (tertiary/aromatic N) is 1. The number of amides is 2. The molecular formula is C16H18N2O4S. The van der Waals surface area contributed by atoms with Crippen molar-refractivity contribution in [3.8, 4) is 11.5 Å². The highest BCUT2D eigenvalue weighted by Gasteiger charge is 2.50. The zero-order valence-electron chi connectivity index (χ0n) is 13.0. The van der Waals surface area contributed by atoms with Crippen LogP contribution in [0.3, 0.4) is 0 Å². The zero-order valence-corrected chi connectivity index (χ0v) is 13.8. The van der Waals surface area contributed by atoms with Crippen molar-refractivity contribution in [1.82, 2.24) is 10.2 Å². The maximum absolute atomic E-state index is 12.9. The summed E-state index contributed by atoms with van der Waals surface area (Å²) in [6.07, 6.45) is 1.62. The summed E-state index contributed by atoms with van der Waals surface area (Å²) in [5.74, 6) is 1.16. The molecule has 2 aliphatic heterocycles. The van der Waals surface area contributed by atoms with Gasteiger partial charge in [0.1, 0.15) is 11.4 Å². The second-order valence-electron chi connectivity index (χ2n) is 5.21. The quantitative estimate of drug-likeness (QED) is 0.828. The van der Waals surface area contributed by atoms with Crippen molar-refractivity contribution in [2.24, 2.45) is 0 Å². The molecule has 2 amide bonds. The lowest BCUT2D eigenvalue weighted by molar-refractivity contribution is -0.124. The Balaban J connectivity index is 1.96. The second-order valence-corrected chi connectivity index (χ2v) is 6.33. The Bertz CT molecular complexity index is 676. The summed E-state index contributed by atoms with van der Waals surface area (Å²) in [6, 6.07) is 3.18. The first-order chi connectivity index (χ1) is 11.1. The molecule has 1 aromatic rings. The first-order valence-corrected chi connectivity index (χ1v) is 8.26. The van der Waals surface area contributed by atoms with Gasteiger partial charge in [0.15, 0.2) is 11.5 Å². The van der Waals surface area contributed by atoms with Crippen LogP contribution >= 0.6 is 11.8 Å². The molecule has 122 valence electrons. The lowest BCUT2D eigenvalue weighted by atomic mass is 10.1. The third-order valence-corrected chi connectivity index (χ3v) is 5.32. The van der Waals surface area contributed by atoms with Crippen LogP contribution < -0.4 is 14.8 Å². The minimum absolute atomic E-state index is 0.156. The smallest absolute Gasteiger partial charge is 0.260 e. The highest BCUT2D eigenvalue weighted by atomic mass is 32.2. The molecule has 7 heteroatoms. The summed E-state index contributed by atoms with van der Waals surface area (Å²) in [6.45, 7) is 3.97. The molecule has 1 N–H and O–H groups in total. The Labute approximate surface area is 138 Å². The number of carbonyl (C=O) groups excluding carboxylic acids is 2. The number of rotatable bonds is 5. The van der Waals surface area contributed by atoms with Crippen molar-refractivity contribution in [3.63, 3.8) is 0 Å². The summed E-state index contributed by atoms with van der Waals surface area (Å²) < 4.78 is 10.6. The molecule has 1 saturated heterocycles. The van der Waals surface area contributed by atoms with Gasteiger partial charge in [-0.3, -0.25) is 9.59 Å². The van der Waals surface area contributed by atoms with Crippen LogP contribution in [-0.2, 0) is 4.79 Å². The Morgan fingerprint density at radius 1 is 1.48 bits per heavy atom. The van der Waals surface area contributed by atoms with E-state index in [9.17, 15) is 9.59 Å².